The largest absolute Gasteiger partial charge is 0.335 e. The van der Waals surface area contributed by atoms with Crippen molar-refractivity contribution in [1.82, 2.24) is 10.0 Å². The van der Waals surface area contributed by atoms with Crippen LogP contribution in [0.25, 0.3) is 0 Å². The van der Waals surface area contributed by atoms with Crippen LogP contribution in [0.1, 0.15) is 39.5 Å². The van der Waals surface area contributed by atoms with E-state index in [-0.39, 0.29) is 6.03 Å². The zero-order valence-corrected chi connectivity index (χ0v) is 9.54. The molecule has 78 valence electrons. The molecular weight excluding hydrogens is 184 g/mol. The van der Waals surface area contributed by atoms with Gasteiger partial charge in [0.15, 0.2) is 0 Å². The summed E-state index contributed by atoms with van der Waals surface area (Å²) >= 11 is 1.32. The summed E-state index contributed by atoms with van der Waals surface area (Å²) < 4.78 is 2.65. The molecular formula is C9H20N2OS. The third-order valence-electron chi connectivity index (χ3n) is 1.93. The Balaban J connectivity index is 3.62. The monoisotopic (exact) mass is 204 g/mol. The summed E-state index contributed by atoms with van der Waals surface area (Å²) in [4.78, 5) is 11.1. The lowest BCUT2D eigenvalue weighted by molar-refractivity contribution is 0.241. The van der Waals surface area contributed by atoms with Crippen LogP contribution in [0.4, 0.5) is 4.79 Å². The van der Waals surface area contributed by atoms with Crippen molar-refractivity contribution in [2.75, 3.05) is 6.26 Å². The molecule has 0 aromatic heterocycles. The molecule has 0 spiro atoms. The van der Waals surface area contributed by atoms with Gasteiger partial charge in [-0.1, -0.05) is 38.6 Å². The fourth-order valence-electron chi connectivity index (χ4n) is 1.14. The highest BCUT2D eigenvalue weighted by molar-refractivity contribution is 7.97. The van der Waals surface area contributed by atoms with E-state index in [0.29, 0.717) is 6.04 Å². The molecule has 0 aliphatic carbocycles. The first-order valence-corrected chi connectivity index (χ1v) is 6.06. The summed E-state index contributed by atoms with van der Waals surface area (Å²) in [5.74, 6) is 0. The first-order chi connectivity index (χ1) is 6.24. The third-order valence-corrected chi connectivity index (χ3v) is 2.32. The van der Waals surface area contributed by atoms with Gasteiger partial charge in [0.05, 0.1) is 0 Å². The summed E-state index contributed by atoms with van der Waals surface area (Å²) in [6, 6.07) is 0.252. The first-order valence-electron chi connectivity index (χ1n) is 4.84. The highest BCUT2D eigenvalue weighted by Gasteiger charge is 2.08. The zero-order valence-electron chi connectivity index (χ0n) is 8.72. The molecule has 1 atom stereocenters. The molecule has 0 saturated carbocycles. The number of hydrogen-bond donors (Lipinski definition) is 2. The molecule has 0 aliphatic rings. The van der Waals surface area contributed by atoms with Crippen molar-refractivity contribution >= 4 is 18.0 Å². The van der Waals surface area contributed by atoms with Crippen LogP contribution < -0.4 is 10.0 Å². The molecule has 2 amide bonds. The van der Waals surface area contributed by atoms with E-state index in [1.54, 1.807) is 0 Å². The number of amides is 2. The van der Waals surface area contributed by atoms with Crippen LogP contribution in [-0.4, -0.2) is 18.3 Å². The minimum atomic E-state index is -0.0737. The fourth-order valence-corrected chi connectivity index (χ4v) is 1.38. The topological polar surface area (TPSA) is 41.1 Å². The maximum Gasteiger partial charge on any atom is 0.324 e. The van der Waals surface area contributed by atoms with Gasteiger partial charge in [0.1, 0.15) is 0 Å². The van der Waals surface area contributed by atoms with E-state index < -0.39 is 0 Å². The van der Waals surface area contributed by atoms with Crippen LogP contribution in [0.3, 0.4) is 0 Å². The first kappa shape index (κ1) is 12.6. The quantitative estimate of drug-likeness (QED) is 0.653. The summed E-state index contributed by atoms with van der Waals surface area (Å²) in [7, 11) is 0. The molecule has 0 rings (SSSR count). The smallest absolute Gasteiger partial charge is 0.324 e. The highest BCUT2D eigenvalue weighted by Crippen LogP contribution is 2.03. The molecule has 2 N–H and O–H groups in total. The Morgan fingerprint density at radius 2 is 2.15 bits per heavy atom. The summed E-state index contributed by atoms with van der Waals surface area (Å²) in [6.07, 6.45) is 6.28. The maximum atomic E-state index is 11.1. The van der Waals surface area contributed by atoms with E-state index in [2.05, 4.69) is 23.9 Å². The molecule has 0 saturated heterocycles. The van der Waals surface area contributed by atoms with Gasteiger partial charge in [-0.3, -0.25) is 4.72 Å². The number of urea groups is 1. The Bertz CT molecular complexity index is 142. The Hall–Kier alpha value is -0.380. The maximum absolute atomic E-state index is 11.1. The molecule has 1 unspecified atom stereocenters. The van der Waals surface area contributed by atoms with Gasteiger partial charge in [0.25, 0.3) is 0 Å². The number of carbonyl (C=O) groups excluding carboxylic acids is 1. The number of carbonyl (C=O) groups is 1. The number of unbranched alkanes of at least 4 members (excludes halogenated alkanes) is 1. The SMILES string of the molecule is CCCCC(CC)NC(=O)NSC. The second kappa shape index (κ2) is 8.23. The molecule has 0 bridgehead atoms. The van der Waals surface area contributed by atoms with Crippen LogP contribution in [0.5, 0.6) is 0 Å². The normalized spacial score (nSPS) is 12.2. The Labute approximate surface area is 85.2 Å². The average Bonchev–Trinajstić information content (AvgIpc) is 2.12. The Morgan fingerprint density at radius 3 is 2.62 bits per heavy atom. The minimum absolute atomic E-state index is 0.0737. The number of hydrogen-bond acceptors (Lipinski definition) is 2. The summed E-state index contributed by atoms with van der Waals surface area (Å²) in [5, 5.41) is 2.93. The van der Waals surface area contributed by atoms with Crippen molar-refractivity contribution in [2.24, 2.45) is 0 Å². The van der Waals surface area contributed by atoms with E-state index in [1.165, 1.54) is 24.8 Å². The van der Waals surface area contributed by atoms with E-state index in [1.807, 2.05) is 6.26 Å². The number of nitrogens with one attached hydrogen (secondary N) is 2. The lowest BCUT2D eigenvalue weighted by Gasteiger charge is -2.16. The van der Waals surface area contributed by atoms with Crippen molar-refractivity contribution in [3.63, 3.8) is 0 Å². The van der Waals surface area contributed by atoms with Crippen LogP contribution in [0, 0.1) is 0 Å². The van der Waals surface area contributed by atoms with Gasteiger partial charge >= 0.3 is 6.03 Å². The average molecular weight is 204 g/mol. The van der Waals surface area contributed by atoms with E-state index >= 15 is 0 Å². The molecule has 13 heavy (non-hydrogen) atoms. The van der Waals surface area contributed by atoms with Crippen LogP contribution in [0.15, 0.2) is 0 Å². The van der Waals surface area contributed by atoms with Gasteiger partial charge in [-0.2, -0.15) is 0 Å². The van der Waals surface area contributed by atoms with Crippen molar-refractivity contribution in [3.8, 4) is 0 Å². The predicted molar refractivity (Wildman–Crippen MR) is 58.8 cm³/mol. The van der Waals surface area contributed by atoms with Crippen molar-refractivity contribution in [2.45, 2.75) is 45.6 Å². The molecule has 0 fully saturated rings. The van der Waals surface area contributed by atoms with E-state index in [9.17, 15) is 4.79 Å². The van der Waals surface area contributed by atoms with Gasteiger partial charge in [0.2, 0.25) is 0 Å². The van der Waals surface area contributed by atoms with Crippen molar-refractivity contribution in [3.05, 3.63) is 0 Å². The molecule has 0 heterocycles. The van der Waals surface area contributed by atoms with Gasteiger partial charge < -0.3 is 5.32 Å². The molecule has 0 aromatic carbocycles. The third kappa shape index (κ3) is 6.75. The molecule has 0 radical (unpaired) electrons. The minimum Gasteiger partial charge on any atom is -0.335 e. The van der Waals surface area contributed by atoms with Crippen LogP contribution >= 0.6 is 11.9 Å². The standard InChI is InChI=1S/C9H20N2OS/c1-4-6-7-8(5-2)10-9(12)11-13-3/h8H,4-7H2,1-3H3,(H2,10,11,12). The van der Waals surface area contributed by atoms with Gasteiger partial charge in [-0.05, 0) is 12.8 Å². The molecule has 3 nitrogen and oxygen atoms in total. The Morgan fingerprint density at radius 1 is 1.46 bits per heavy atom. The second-order valence-corrected chi connectivity index (χ2v) is 3.64. The lowest BCUT2D eigenvalue weighted by atomic mass is 10.1. The Kier molecular flexibility index (Phi) is 7.99. The van der Waals surface area contributed by atoms with E-state index in [4.69, 9.17) is 0 Å². The highest BCUT2D eigenvalue weighted by atomic mass is 32.2. The number of rotatable bonds is 6. The van der Waals surface area contributed by atoms with Gasteiger partial charge in [0, 0.05) is 12.3 Å². The van der Waals surface area contributed by atoms with E-state index in [0.717, 1.165) is 12.8 Å². The molecule has 0 aliphatic heterocycles. The second-order valence-electron chi connectivity index (χ2n) is 3.03. The fraction of sp³-hybridized carbons (Fsp3) is 0.889. The van der Waals surface area contributed by atoms with Gasteiger partial charge in [-0.25, -0.2) is 4.79 Å². The van der Waals surface area contributed by atoms with Crippen LogP contribution in [-0.2, 0) is 0 Å². The lowest BCUT2D eigenvalue weighted by Crippen LogP contribution is -2.39. The predicted octanol–water partition coefficient (Wildman–Crippen LogP) is 2.53. The summed E-state index contributed by atoms with van der Waals surface area (Å²) in [5.41, 5.74) is 0. The van der Waals surface area contributed by atoms with Gasteiger partial charge in [-0.15, -0.1) is 0 Å². The zero-order chi connectivity index (χ0) is 10.1. The van der Waals surface area contributed by atoms with Crippen molar-refractivity contribution in [1.29, 1.82) is 0 Å². The van der Waals surface area contributed by atoms with Crippen LogP contribution in [0.2, 0.25) is 0 Å². The molecule has 4 heteroatoms. The van der Waals surface area contributed by atoms with Crippen molar-refractivity contribution < 1.29 is 4.79 Å². The summed E-state index contributed by atoms with van der Waals surface area (Å²) in [6.45, 7) is 4.26. The molecule has 0 aromatic rings.